The number of fused-ring (bicyclic) bond motifs is 1. The molecular weight excluding hydrogens is 247 g/mol. The van der Waals surface area contributed by atoms with E-state index in [0.29, 0.717) is 18.4 Å². The van der Waals surface area contributed by atoms with E-state index in [1.54, 1.807) is 4.90 Å². The molecule has 0 aromatic heterocycles. The molecule has 19 heavy (non-hydrogen) atoms. The van der Waals surface area contributed by atoms with Crippen LogP contribution in [0, 0.1) is 17.7 Å². The van der Waals surface area contributed by atoms with Gasteiger partial charge in [0.15, 0.2) is 0 Å². The first-order valence-electron chi connectivity index (χ1n) is 6.58. The molecular formula is C14H17FN2O2. The predicted octanol–water partition coefficient (Wildman–Crippen LogP) is 1.21. The highest BCUT2D eigenvalue weighted by molar-refractivity contribution is 5.97. The maximum Gasteiger partial charge on any atom is 0.260 e. The van der Waals surface area contributed by atoms with Crippen LogP contribution in [-0.4, -0.2) is 41.6 Å². The number of carbonyl (C=O) groups is 1. The molecule has 2 aliphatic rings. The summed E-state index contributed by atoms with van der Waals surface area (Å²) < 4.78 is 13.8. The van der Waals surface area contributed by atoms with Crippen molar-refractivity contribution < 1.29 is 14.3 Å². The van der Waals surface area contributed by atoms with Crippen LogP contribution in [0.4, 0.5) is 4.39 Å². The molecule has 102 valence electrons. The summed E-state index contributed by atoms with van der Waals surface area (Å²) in [5, 5.41) is 13.0. The van der Waals surface area contributed by atoms with Gasteiger partial charge in [-0.15, -0.1) is 0 Å². The van der Waals surface area contributed by atoms with Crippen molar-refractivity contribution in [1.29, 1.82) is 0 Å². The molecule has 0 bridgehead atoms. The number of phenolic OH excluding ortho intramolecular Hbond substituents is 1. The highest BCUT2D eigenvalue weighted by Crippen LogP contribution is 2.34. The molecule has 2 heterocycles. The van der Waals surface area contributed by atoms with E-state index in [0.717, 1.165) is 13.1 Å². The van der Waals surface area contributed by atoms with Gasteiger partial charge in [0.05, 0.1) is 0 Å². The Balaban J connectivity index is 1.89. The zero-order valence-electron chi connectivity index (χ0n) is 10.8. The Morgan fingerprint density at radius 1 is 1.47 bits per heavy atom. The minimum atomic E-state index is -0.660. The average molecular weight is 264 g/mol. The summed E-state index contributed by atoms with van der Waals surface area (Å²) >= 11 is 0. The van der Waals surface area contributed by atoms with Gasteiger partial charge in [-0.1, -0.05) is 6.07 Å². The number of amides is 1. The quantitative estimate of drug-likeness (QED) is 0.801. The van der Waals surface area contributed by atoms with E-state index in [-0.39, 0.29) is 17.4 Å². The number of likely N-dealkylation sites (tertiary alicyclic amines) is 1. The number of halogens is 1. The first-order valence-corrected chi connectivity index (χ1v) is 6.58. The van der Waals surface area contributed by atoms with E-state index in [1.165, 1.54) is 18.2 Å². The zero-order chi connectivity index (χ0) is 13.6. The second-order valence-corrected chi connectivity index (χ2v) is 5.41. The van der Waals surface area contributed by atoms with Crippen molar-refractivity contribution in [2.24, 2.45) is 11.8 Å². The SMILES string of the molecule is CC1C2CNCC2CN1C(=O)c1c(O)cccc1F. The molecule has 3 atom stereocenters. The van der Waals surface area contributed by atoms with Crippen LogP contribution < -0.4 is 5.32 Å². The minimum Gasteiger partial charge on any atom is -0.507 e. The molecule has 2 fully saturated rings. The molecule has 2 N–H and O–H groups in total. The number of hydrogen-bond donors (Lipinski definition) is 2. The molecule has 2 aliphatic heterocycles. The number of nitrogens with one attached hydrogen (secondary N) is 1. The number of aromatic hydroxyl groups is 1. The van der Waals surface area contributed by atoms with Gasteiger partial charge in [-0.3, -0.25) is 4.79 Å². The van der Waals surface area contributed by atoms with Gasteiger partial charge in [0, 0.05) is 25.7 Å². The molecule has 0 radical (unpaired) electrons. The van der Waals surface area contributed by atoms with Gasteiger partial charge in [0.25, 0.3) is 5.91 Å². The van der Waals surface area contributed by atoms with Crippen molar-refractivity contribution in [1.82, 2.24) is 10.2 Å². The van der Waals surface area contributed by atoms with E-state index in [2.05, 4.69) is 5.32 Å². The van der Waals surface area contributed by atoms with Crippen LogP contribution in [0.25, 0.3) is 0 Å². The third-order valence-corrected chi connectivity index (χ3v) is 4.40. The molecule has 1 amide bonds. The summed E-state index contributed by atoms with van der Waals surface area (Å²) in [5.41, 5.74) is -0.206. The van der Waals surface area contributed by atoms with Gasteiger partial charge < -0.3 is 15.3 Å². The fourth-order valence-corrected chi connectivity index (χ4v) is 3.30. The Morgan fingerprint density at radius 2 is 2.26 bits per heavy atom. The number of nitrogens with zero attached hydrogens (tertiary/aromatic N) is 1. The van der Waals surface area contributed by atoms with Gasteiger partial charge in [0.2, 0.25) is 0 Å². The van der Waals surface area contributed by atoms with Crippen LogP contribution in [0.1, 0.15) is 17.3 Å². The van der Waals surface area contributed by atoms with E-state index in [9.17, 15) is 14.3 Å². The van der Waals surface area contributed by atoms with Crippen LogP contribution in [0.3, 0.4) is 0 Å². The summed E-state index contributed by atoms with van der Waals surface area (Å²) in [7, 11) is 0. The van der Waals surface area contributed by atoms with Crippen molar-refractivity contribution in [3.8, 4) is 5.75 Å². The predicted molar refractivity (Wildman–Crippen MR) is 68.4 cm³/mol. The maximum absolute atomic E-state index is 13.8. The van der Waals surface area contributed by atoms with Crippen molar-refractivity contribution in [3.05, 3.63) is 29.6 Å². The first kappa shape index (κ1) is 12.4. The molecule has 0 spiro atoms. The lowest BCUT2D eigenvalue weighted by Crippen LogP contribution is -2.38. The second kappa shape index (κ2) is 4.49. The molecule has 2 saturated heterocycles. The Kier molecular flexibility index (Phi) is 2.93. The van der Waals surface area contributed by atoms with Crippen molar-refractivity contribution in [2.45, 2.75) is 13.0 Å². The number of phenols is 1. The molecule has 0 aliphatic carbocycles. The highest BCUT2D eigenvalue weighted by atomic mass is 19.1. The monoisotopic (exact) mass is 264 g/mol. The lowest BCUT2D eigenvalue weighted by Gasteiger charge is -2.25. The summed E-state index contributed by atoms with van der Waals surface area (Å²) in [5.74, 6) is -0.483. The standard InChI is InChI=1S/C14H17FN2O2/c1-8-10-6-16-5-9(10)7-17(8)14(19)13-11(15)3-2-4-12(13)18/h2-4,8-10,16,18H,5-7H2,1H3. The maximum atomic E-state index is 13.8. The van der Waals surface area contributed by atoms with Crippen molar-refractivity contribution in [2.75, 3.05) is 19.6 Å². The fraction of sp³-hybridized carbons (Fsp3) is 0.500. The van der Waals surface area contributed by atoms with Gasteiger partial charge in [-0.05, 0) is 30.9 Å². The summed E-state index contributed by atoms with van der Waals surface area (Å²) in [6.45, 7) is 4.43. The summed E-state index contributed by atoms with van der Waals surface area (Å²) in [4.78, 5) is 14.1. The molecule has 4 nitrogen and oxygen atoms in total. The highest BCUT2D eigenvalue weighted by Gasteiger charge is 2.44. The molecule has 1 aromatic carbocycles. The molecule has 1 aromatic rings. The van der Waals surface area contributed by atoms with E-state index in [4.69, 9.17) is 0 Å². The van der Waals surface area contributed by atoms with E-state index < -0.39 is 11.7 Å². The van der Waals surface area contributed by atoms with Crippen LogP contribution in [-0.2, 0) is 0 Å². The van der Waals surface area contributed by atoms with Crippen molar-refractivity contribution >= 4 is 5.91 Å². The number of hydrogen-bond acceptors (Lipinski definition) is 3. The molecule has 0 saturated carbocycles. The van der Waals surface area contributed by atoms with Crippen molar-refractivity contribution in [3.63, 3.8) is 0 Å². The third kappa shape index (κ3) is 1.89. The van der Waals surface area contributed by atoms with Gasteiger partial charge in [-0.25, -0.2) is 4.39 Å². The normalized spacial score (nSPS) is 29.6. The van der Waals surface area contributed by atoms with Crippen LogP contribution in [0.15, 0.2) is 18.2 Å². The fourth-order valence-electron chi connectivity index (χ4n) is 3.30. The lowest BCUT2D eigenvalue weighted by molar-refractivity contribution is 0.0720. The van der Waals surface area contributed by atoms with Gasteiger partial charge in [0.1, 0.15) is 17.1 Å². The van der Waals surface area contributed by atoms with Crippen LogP contribution in [0.5, 0.6) is 5.75 Å². The second-order valence-electron chi connectivity index (χ2n) is 5.41. The third-order valence-electron chi connectivity index (χ3n) is 4.40. The number of rotatable bonds is 1. The zero-order valence-corrected chi connectivity index (χ0v) is 10.8. The van der Waals surface area contributed by atoms with E-state index in [1.807, 2.05) is 6.92 Å². The summed E-state index contributed by atoms with van der Waals surface area (Å²) in [6.07, 6.45) is 0. The largest absolute Gasteiger partial charge is 0.507 e. The first-order chi connectivity index (χ1) is 9.09. The number of carbonyl (C=O) groups excluding carboxylic acids is 1. The van der Waals surface area contributed by atoms with Gasteiger partial charge in [-0.2, -0.15) is 0 Å². The van der Waals surface area contributed by atoms with E-state index >= 15 is 0 Å². The van der Waals surface area contributed by atoms with Gasteiger partial charge >= 0.3 is 0 Å². The minimum absolute atomic E-state index is 0.0755. The van der Waals surface area contributed by atoms with Crippen LogP contribution >= 0.6 is 0 Å². The number of benzene rings is 1. The Morgan fingerprint density at radius 3 is 2.95 bits per heavy atom. The Hall–Kier alpha value is -1.62. The summed E-state index contributed by atoms with van der Waals surface area (Å²) in [6, 6.07) is 4.02. The smallest absolute Gasteiger partial charge is 0.260 e. The molecule has 3 unspecified atom stereocenters. The average Bonchev–Trinajstić information content (AvgIpc) is 2.92. The Bertz CT molecular complexity index is 500. The topological polar surface area (TPSA) is 52.6 Å². The molecule has 3 rings (SSSR count). The molecule has 5 heteroatoms. The lowest BCUT2D eigenvalue weighted by atomic mass is 9.95. The Labute approximate surface area is 111 Å². The van der Waals surface area contributed by atoms with Crippen LogP contribution in [0.2, 0.25) is 0 Å².